The van der Waals surface area contributed by atoms with Gasteiger partial charge in [0.15, 0.2) is 5.82 Å². The Hall–Kier alpha value is -1.49. The Kier molecular flexibility index (Phi) is 3.14. The van der Waals surface area contributed by atoms with Gasteiger partial charge in [-0.2, -0.15) is 9.97 Å². The Bertz CT molecular complexity index is 496. The van der Waals surface area contributed by atoms with Gasteiger partial charge in [-0.15, -0.1) is 0 Å². The molecule has 0 fully saturated rings. The van der Waals surface area contributed by atoms with E-state index in [4.69, 9.17) is 5.73 Å². The lowest BCUT2D eigenvalue weighted by atomic mass is 10.2. The van der Waals surface area contributed by atoms with Crippen LogP contribution in [0.15, 0.2) is 28.7 Å². The van der Waals surface area contributed by atoms with Crippen LogP contribution in [0.3, 0.4) is 0 Å². The number of hydrogen-bond acceptors (Lipinski definition) is 4. The van der Waals surface area contributed by atoms with Crippen LogP contribution in [0.1, 0.15) is 12.7 Å². The molecule has 4 nitrogen and oxygen atoms in total. The zero-order valence-corrected chi connectivity index (χ0v) is 10.4. The summed E-state index contributed by atoms with van der Waals surface area (Å²) < 4.78 is 1.02. The highest BCUT2D eigenvalue weighted by Crippen LogP contribution is 2.18. The molecule has 16 heavy (non-hydrogen) atoms. The molecule has 0 spiro atoms. The number of nitrogen functional groups attached to an aromatic ring is 1. The summed E-state index contributed by atoms with van der Waals surface area (Å²) in [6.45, 7) is 1.99. The highest BCUT2D eigenvalue weighted by Gasteiger charge is 2.05. The van der Waals surface area contributed by atoms with Gasteiger partial charge in [-0.25, -0.2) is 4.98 Å². The van der Waals surface area contributed by atoms with Crippen LogP contribution in [0.2, 0.25) is 0 Å². The maximum Gasteiger partial charge on any atom is 0.223 e. The average molecular weight is 279 g/mol. The first-order chi connectivity index (χ1) is 7.69. The lowest BCUT2D eigenvalue weighted by Gasteiger charge is -2.03. The smallest absolute Gasteiger partial charge is 0.223 e. The number of rotatable bonds is 2. The van der Waals surface area contributed by atoms with Crippen LogP contribution >= 0.6 is 15.9 Å². The van der Waals surface area contributed by atoms with Gasteiger partial charge in [-0.05, 0) is 12.1 Å². The highest BCUT2D eigenvalue weighted by atomic mass is 79.9. The van der Waals surface area contributed by atoms with Crippen molar-refractivity contribution in [2.45, 2.75) is 13.3 Å². The number of benzene rings is 1. The van der Waals surface area contributed by atoms with E-state index < -0.39 is 0 Å². The minimum absolute atomic E-state index is 0.268. The summed E-state index contributed by atoms with van der Waals surface area (Å²) in [6.07, 6.45) is 0.746. The lowest BCUT2D eigenvalue weighted by molar-refractivity contribution is 0.913. The van der Waals surface area contributed by atoms with Crippen molar-refractivity contribution in [3.8, 4) is 11.4 Å². The number of anilines is 1. The molecular formula is C11H11BrN4. The zero-order valence-electron chi connectivity index (χ0n) is 8.81. The summed E-state index contributed by atoms with van der Waals surface area (Å²) in [4.78, 5) is 12.5. The van der Waals surface area contributed by atoms with E-state index in [1.165, 1.54) is 0 Å². The summed E-state index contributed by atoms with van der Waals surface area (Å²) in [6, 6.07) is 7.78. The van der Waals surface area contributed by atoms with Crippen LogP contribution in [-0.2, 0) is 6.42 Å². The third kappa shape index (κ3) is 2.36. The topological polar surface area (TPSA) is 64.7 Å². The van der Waals surface area contributed by atoms with Gasteiger partial charge in [0.2, 0.25) is 5.95 Å². The fourth-order valence-corrected chi connectivity index (χ4v) is 1.59. The fourth-order valence-electron chi connectivity index (χ4n) is 1.32. The van der Waals surface area contributed by atoms with Crippen molar-refractivity contribution in [3.05, 3.63) is 34.6 Å². The van der Waals surface area contributed by atoms with Crippen molar-refractivity contribution in [2.24, 2.45) is 0 Å². The van der Waals surface area contributed by atoms with Crippen molar-refractivity contribution in [3.63, 3.8) is 0 Å². The number of aryl methyl sites for hydroxylation is 1. The molecule has 1 aromatic heterocycles. The Morgan fingerprint density at radius 1 is 1.12 bits per heavy atom. The molecule has 0 radical (unpaired) electrons. The standard InChI is InChI=1S/C11H11BrN4/c1-2-9-14-10(16-11(13)15-9)7-3-5-8(12)6-4-7/h3-6H,2H2,1H3,(H2,13,14,15,16). The molecule has 0 aliphatic carbocycles. The molecule has 0 amide bonds. The fraction of sp³-hybridized carbons (Fsp3) is 0.182. The van der Waals surface area contributed by atoms with Crippen molar-refractivity contribution in [1.82, 2.24) is 15.0 Å². The summed E-state index contributed by atoms with van der Waals surface area (Å²) in [5.74, 6) is 1.60. The number of halogens is 1. The number of nitrogens with two attached hydrogens (primary N) is 1. The molecule has 0 saturated carbocycles. The molecule has 0 bridgehead atoms. The van der Waals surface area contributed by atoms with E-state index in [-0.39, 0.29) is 5.95 Å². The largest absolute Gasteiger partial charge is 0.368 e. The van der Waals surface area contributed by atoms with Gasteiger partial charge in [0.05, 0.1) is 0 Å². The first-order valence-corrected chi connectivity index (χ1v) is 5.74. The van der Waals surface area contributed by atoms with Gasteiger partial charge >= 0.3 is 0 Å². The van der Waals surface area contributed by atoms with Crippen LogP contribution in [0, 0.1) is 0 Å². The van der Waals surface area contributed by atoms with Crippen molar-refractivity contribution >= 4 is 21.9 Å². The Morgan fingerprint density at radius 2 is 1.81 bits per heavy atom. The summed E-state index contributed by atoms with van der Waals surface area (Å²) in [7, 11) is 0. The third-order valence-corrected chi connectivity index (χ3v) is 2.65. The highest BCUT2D eigenvalue weighted by molar-refractivity contribution is 9.10. The van der Waals surface area contributed by atoms with Gasteiger partial charge < -0.3 is 5.73 Å². The minimum atomic E-state index is 0.268. The molecule has 2 rings (SSSR count). The summed E-state index contributed by atoms with van der Waals surface area (Å²) in [5, 5.41) is 0. The Labute approximate surface area is 102 Å². The summed E-state index contributed by atoms with van der Waals surface area (Å²) in [5.41, 5.74) is 6.57. The van der Waals surface area contributed by atoms with E-state index in [0.29, 0.717) is 11.6 Å². The molecule has 1 aromatic carbocycles. The zero-order chi connectivity index (χ0) is 11.5. The molecule has 0 aliphatic heterocycles. The molecule has 2 N–H and O–H groups in total. The van der Waals surface area contributed by atoms with E-state index in [1.807, 2.05) is 31.2 Å². The monoisotopic (exact) mass is 278 g/mol. The van der Waals surface area contributed by atoms with Crippen LogP contribution < -0.4 is 5.73 Å². The van der Waals surface area contributed by atoms with Gasteiger partial charge in [0.1, 0.15) is 5.82 Å². The number of nitrogens with zero attached hydrogens (tertiary/aromatic N) is 3. The van der Waals surface area contributed by atoms with E-state index in [0.717, 1.165) is 16.5 Å². The second-order valence-corrected chi connectivity index (χ2v) is 4.21. The first kappa shape index (κ1) is 11.0. The van der Waals surface area contributed by atoms with Crippen LogP contribution in [0.4, 0.5) is 5.95 Å². The van der Waals surface area contributed by atoms with Gasteiger partial charge in [0, 0.05) is 16.5 Å². The predicted molar refractivity (Wildman–Crippen MR) is 66.8 cm³/mol. The molecule has 0 unspecified atom stereocenters. The first-order valence-electron chi connectivity index (χ1n) is 4.95. The van der Waals surface area contributed by atoms with E-state index in [2.05, 4.69) is 30.9 Å². The lowest BCUT2D eigenvalue weighted by Crippen LogP contribution is -2.03. The molecule has 5 heteroatoms. The summed E-state index contributed by atoms with van der Waals surface area (Å²) >= 11 is 3.38. The number of hydrogen-bond donors (Lipinski definition) is 1. The van der Waals surface area contributed by atoms with Crippen molar-refractivity contribution < 1.29 is 0 Å². The molecule has 82 valence electrons. The minimum Gasteiger partial charge on any atom is -0.368 e. The maximum absolute atomic E-state index is 5.63. The van der Waals surface area contributed by atoms with Gasteiger partial charge in [-0.1, -0.05) is 35.0 Å². The second-order valence-electron chi connectivity index (χ2n) is 3.29. The maximum atomic E-state index is 5.63. The average Bonchev–Trinajstić information content (AvgIpc) is 2.29. The molecule has 0 saturated heterocycles. The molecule has 0 aliphatic rings. The van der Waals surface area contributed by atoms with Crippen molar-refractivity contribution in [2.75, 3.05) is 5.73 Å². The van der Waals surface area contributed by atoms with Crippen LogP contribution in [0.5, 0.6) is 0 Å². The quantitative estimate of drug-likeness (QED) is 0.917. The molecule has 1 heterocycles. The normalized spacial score (nSPS) is 10.4. The Balaban J connectivity index is 2.47. The second kappa shape index (κ2) is 4.57. The van der Waals surface area contributed by atoms with Crippen LogP contribution in [0.25, 0.3) is 11.4 Å². The molecule has 2 aromatic rings. The van der Waals surface area contributed by atoms with E-state index in [1.54, 1.807) is 0 Å². The SMILES string of the molecule is CCc1nc(N)nc(-c2ccc(Br)cc2)n1. The van der Waals surface area contributed by atoms with Crippen molar-refractivity contribution in [1.29, 1.82) is 0 Å². The molecule has 0 atom stereocenters. The Morgan fingerprint density at radius 3 is 2.44 bits per heavy atom. The number of aromatic nitrogens is 3. The van der Waals surface area contributed by atoms with Crippen LogP contribution in [-0.4, -0.2) is 15.0 Å². The van der Waals surface area contributed by atoms with Gasteiger partial charge in [-0.3, -0.25) is 0 Å². The molecular weight excluding hydrogens is 268 g/mol. The predicted octanol–water partition coefficient (Wildman–Crippen LogP) is 2.45. The van der Waals surface area contributed by atoms with E-state index in [9.17, 15) is 0 Å². The van der Waals surface area contributed by atoms with E-state index >= 15 is 0 Å². The third-order valence-electron chi connectivity index (χ3n) is 2.12. The van der Waals surface area contributed by atoms with Gasteiger partial charge in [0.25, 0.3) is 0 Å².